The van der Waals surface area contributed by atoms with Crippen LogP contribution >= 0.6 is 0 Å². The summed E-state index contributed by atoms with van der Waals surface area (Å²) in [5.41, 5.74) is 1.47. The van der Waals surface area contributed by atoms with E-state index < -0.39 is 0 Å². The molecule has 2 amide bonds. The van der Waals surface area contributed by atoms with Crippen LogP contribution in [0.15, 0.2) is 54.7 Å². The maximum absolute atomic E-state index is 13.1. The largest absolute Gasteiger partial charge is 0.394 e. The molecule has 6 nitrogen and oxygen atoms in total. The van der Waals surface area contributed by atoms with E-state index in [9.17, 15) is 14.7 Å². The van der Waals surface area contributed by atoms with Crippen molar-refractivity contribution in [2.45, 2.75) is 38.8 Å². The smallest absolute Gasteiger partial charge is 0.272 e. The highest BCUT2D eigenvalue weighted by Gasteiger charge is 2.50. The van der Waals surface area contributed by atoms with E-state index in [0.717, 1.165) is 5.56 Å². The Morgan fingerprint density at radius 2 is 1.79 bits per heavy atom. The average molecular weight is 396 g/mol. The Kier molecular flexibility index (Phi) is 6.64. The van der Waals surface area contributed by atoms with Crippen LogP contribution in [0.3, 0.4) is 0 Å². The van der Waals surface area contributed by atoms with Crippen LogP contribution in [0.4, 0.5) is 0 Å². The van der Waals surface area contributed by atoms with Crippen LogP contribution in [0.1, 0.15) is 42.7 Å². The van der Waals surface area contributed by atoms with Gasteiger partial charge in [0.1, 0.15) is 5.69 Å². The minimum Gasteiger partial charge on any atom is -0.394 e. The molecular weight excluding hydrogens is 366 g/mol. The molecule has 0 aliphatic carbocycles. The number of benzene rings is 1. The van der Waals surface area contributed by atoms with Crippen LogP contribution < -0.4 is 0 Å². The molecule has 2 aromatic rings. The summed E-state index contributed by atoms with van der Waals surface area (Å²) in [7, 11) is 0. The number of carbonyl (C=O) groups is 2. The van der Waals surface area contributed by atoms with Gasteiger partial charge in [-0.1, -0.05) is 50.2 Å². The van der Waals surface area contributed by atoms with E-state index >= 15 is 0 Å². The van der Waals surface area contributed by atoms with Gasteiger partial charge in [0, 0.05) is 32.1 Å². The first-order valence-corrected chi connectivity index (χ1v) is 10.1. The fourth-order valence-electron chi connectivity index (χ4n) is 4.29. The van der Waals surface area contributed by atoms with E-state index in [1.165, 1.54) is 6.92 Å². The lowest BCUT2D eigenvalue weighted by Gasteiger charge is -2.55. The van der Waals surface area contributed by atoms with Crippen molar-refractivity contribution in [2.75, 3.05) is 19.7 Å². The third-order valence-corrected chi connectivity index (χ3v) is 5.44. The number of amides is 2. The number of aliphatic hydroxyl groups excluding tert-OH is 1. The van der Waals surface area contributed by atoms with Crippen LogP contribution in [-0.2, 0) is 4.79 Å². The molecule has 29 heavy (non-hydrogen) atoms. The van der Waals surface area contributed by atoms with Crippen molar-refractivity contribution >= 4 is 11.8 Å². The zero-order valence-electron chi connectivity index (χ0n) is 17.2. The summed E-state index contributed by atoms with van der Waals surface area (Å²) in [5.74, 6) is 0.0340. The van der Waals surface area contributed by atoms with Crippen LogP contribution in [0.5, 0.6) is 0 Å². The van der Waals surface area contributed by atoms with Gasteiger partial charge in [0.15, 0.2) is 0 Å². The zero-order chi connectivity index (χ0) is 21.0. The van der Waals surface area contributed by atoms with Gasteiger partial charge in [0.05, 0.1) is 18.7 Å². The normalized spacial score (nSPS) is 21.0. The molecule has 1 aliphatic rings. The van der Waals surface area contributed by atoms with Crippen molar-refractivity contribution in [2.24, 2.45) is 5.92 Å². The van der Waals surface area contributed by atoms with Gasteiger partial charge in [-0.2, -0.15) is 0 Å². The lowest BCUT2D eigenvalue weighted by Crippen LogP contribution is -2.68. The summed E-state index contributed by atoms with van der Waals surface area (Å²) in [5, 5.41) is 9.94. The molecule has 0 radical (unpaired) electrons. The fourth-order valence-corrected chi connectivity index (χ4v) is 4.29. The molecule has 0 saturated carbocycles. The number of nitrogens with zero attached hydrogens (tertiary/aromatic N) is 3. The van der Waals surface area contributed by atoms with Gasteiger partial charge in [-0.25, -0.2) is 0 Å². The topological polar surface area (TPSA) is 73.7 Å². The van der Waals surface area contributed by atoms with Crippen molar-refractivity contribution in [1.82, 2.24) is 14.8 Å². The number of hydrogen-bond acceptors (Lipinski definition) is 4. The third-order valence-electron chi connectivity index (χ3n) is 5.44. The molecule has 1 aromatic carbocycles. The predicted octanol–water partition coefficient (Wildman–Crippen LogP) is 2.56. The molecule has 2 heterocycles. The number of pyridine rings is 1. The maximum atomic E-state index is 13.1. The molecule has 0 unspecified atom stereocenters. The fraction of sp³-hybridized carbons (Fsp3) is 0.435. The van der Waals surface area contributed by atoms with Gasteiger partial charge in [0.2, 0.25) is 5.91 Å². The third kappa shape index (κ3) is 4.48. The quantitative estimate of drug-likeness (QED) is 0.782. The van der Waals surface area contributed by atoms with E-state index in [1.807, 2.05) is 30.3 Å². The summed E-state index contributed by atoms with van der Waals surface area (Å²) in [4.78, 5) is 33.2. The van der Waals surface area contributed by atoms with Crippen LogP contribution in [0.25, 0.3) is 0 Å². The van der Waals surface area contributed by atoms with Crippen LogP contribution in [0.2, 0.25) is 0 Å². The number of hydrogen-bond donors (Lipinski definition) is 1. The molecule has 0 bridgehead atoms. The van der Waals surface area contributed by atoms with Gasteiger partial charge in [0.25, 0.3) is 5.91 Å². The molecule has 1 saturated heterocycles. The Morgan fingerprint density at radius 3 is 2.34 bits per heavy atom. The SMILES string of the molecule is CC(=O)N1[C@H](CO)[C@@H](c2ccccc2)[C@H]1CN(CC(C)C)C(=O)c1ccccn1. The number of likely N-dealkylation sites (tertiary alicyclic amines) is 1. The van der Waals surface area contributed by atoms with Crippen molar-refractivity contribution in [3.8, 4) is 0 Å². The molecule has 6 heteroatoms. The lowest BCUT2D eigenvalue weighted by molar-refractivity contribution is -0.149. The minimum atomic E-state index is -0.272. The Morgan fingerprint density at radius 1 is 1.10 bits per heavy atom. The minimum absolute atomic E-state index is 0.0173. The second kappa shape index (κ2) is 9.18. The van der Waals surface area contributed by atoms with Crippen molar-refractivity contribution in [3.63, 3.8) is 0 Å². The highest BCUT2D eigenvalue weighted by Crippen LogP contribution is 2.41. The number of rotatable bonds is 7. The molecule has 3 rings (SSSR count). The van der Waals surface area contributed by atoms with Crippen molar-refractivity contribution in [3.05, 3.63) is 66.0 Å². The van der Waals surface area contributed by atoms with Gasteiger partial charge >= 0.3 is 0 Å². The molecule has 1 fully saturated rings. The number of carbonyl (C=O) groups excluding carboxylic acids is 2. The predicted molar refractivity (Wildman–Crippen MR) is 111 cm³/mol. The monoisotopic (exact) mass is 395 g/mol. The average Bonchev–Trinajstić information content (AvgIpc) is 2.70. The highest BCUT2D eigenvalue weighted by molar-refractivity contribution is 5.92. The summed E-state index contributed by atoms with van der Waals surface area (Å²) < 4.78 is 0. The lowest BCUT2D eigenvalue weighted by atomic mass is 9.74. The van der Waals surface area contributed by atoms with E-state index in [0.29, 0.717) is 18.8 Å². The summed E-state index contributed by atoms with van der Waals surface area (Å²) in [6, 6.07) is 14.7. The van der Waals surface area contributed by atoms with Gasteiger partial charge in [-0.05, 0) is 23.6 Å². The molecular formula is C23H29N3O3. The number of aliphatic hydroxyl groups is 1. The molecule has 1 aromatic heterocycles. The Balaban J connectivity index is 1.90. The maximum Gasteiger partial charge on any atom is 0.272 e. The summed E-state index contributed by atoms with van der Waals surface area (Å²) in [6.45, 7) is 6.52. The first-order valence-electron chi connectivity index (χ1n) is 10.1. The molecule has 3 atom stereocenters. The second-order valence-electron chi connectivity index (χ2n) is 8.00. The van der Waals surface area contributed by atoms with Crippen molar-refractivity contribution < 1.29 is 14.7 Å². The van der Waals surface area contributed by atoms with Crippen LogP contribution in [-0.4, -0.2) is 63.5 Å². The van der Waals surface area contributed by atoms with Crippen LogP contribution in [0, 0.1) is 5.92 Å². The number of aromatic nitrogens is 1. The molecule has 1 N–H and O–H groups in total. The van der Waals surface area contributed by atoms with Gasteiger partial charge < -0.3 is 14.9 Å². The van der Waals surface area contributed by atoms with Gasteiger partial charge in [-0.15, -0.1) is 0 Å². The zero-order valence-corrected chi connectivity index (χ0v) is 17.2. The van der Waals surface area contributed by atoms with Gasteiger partial charge in [-0.3, -0.25) is 14.6 Å². The second-order valence-corrected chi connectivity index (χ2v) is 8.00. The molecule has 0 spiro atoms. The first kappa shape index (κ1) is 21.0. The molecule has 154 valence electrons. The summed E-state index contributed by atoms with van der Waals surface area (Å²) >= 11 is 0. The Hall–Kier alpha value is -2.73. The Labute approximate surface area is 172 Å². The van der Waals surface area contributed by atoms with Crippen molar-refractivity contribution in [1.29, 1.82) is 0 Å². The first-order chi connectivity index (χ1) is 13.9. The molecule has 1 aliphatic heterocycles. The summed E-state index contributed by atoms with van der Waals surface area (Å²) in [6.07, 6.45) is 1.61. The van der Waals surface area contributed by atoms with E-state index in [-0.39, 0.29) is 42.3 Å². The Bertz CT molecular complexity index is 826. The standard InChI is InChI=1S/C23H29N3O3/c1-16(2)13-25(23(29)19-11-7-8-12-24-19)14-20-22(18-9-5-4-6-10-18)21(15-27)26(20)17(3)28/h4-12,16,20-22,27H,13-15H2,1-3H3/t20-,21-,22+/m1/s1. The van der Waals surface area contributed by atoms with E-state index in [2.05, 4.69) is 18.8 Å². The highest BCUT2D eigenvalue weighted by atomic mass is 16.3. The van der Waals surface area contributed by atoms with E-state index in [1.54, 1.807) is 34.2 Å². The van der Waals surface area contributed by atoms with E-state index in [4.69, 9.17) is 0 Å².